The first-order valence-electron chi connectivity index (χ1n) is 16.7. The van der Waals surface area contributed by atoms with Gasteiger partial charge >= 0.3 is 12.1 Å². The smallest absolute Gasteiger partial charge is 0.408 e. The number of ether oxygens (including phenoxy) is 6. The van der Waals surface area contributed by atoms with E-state index in [2.05, 4.69) is 18.5 Å². The van der Waals surface area contributed by atoms with Gasteiger partial charge in [-0.15, -0.1) is 13.2 Å². The lowest BCUT2D eigenvalue weighted by Gasteiger charge is -2.46. The van der Waals surface area contributed by atoms with Crippen LogP contribution in [0.25, 0.3) is 0 Å². The quantitative estimate of drug-likeness (QED) is 0.120. The molecule has 3 aromatic rings. The highest BCUT2D eigenvalue weighted by Gasteiger charge is 2.48. The van der Waals surface area contributed by atoms with Gasteiger partial charge in [0, 0.05) is 0 Å². The van der Waals surface area contributed by atoms with Gasteiger partial charge in [-0.25, -0.2) is 9.59 Å². The minimum absolute atomic E-state index is 0.148. The Hall–Kier alpha value is -4.28. The summed E-state index contributed by atoms with van der Waals surface area (Å²) in [5, 5.41) is 2.60. The van der Waals surface area contributed by atoms with E-state index in [1.165, 1.54) is 6.08 Å². The first-order chi connectivity index (χ1) is 23.7. The highest BCUT2D eigenvalue weighted by Crippen LogP contribution is 2.32. The fourth-order valence-electron chi connectivity index (χ4n) is 5.47. The Kier molecular flexibility index (Phi) is 14.6. The highest BCUT2D eigenvalue weighted by molar-refractivity contribution is 5.81. The van der Waals surface area contributed by atoms with E-state index in [1.807, 2.05) is 91.0 Å². The molecule has 1 saturated heterocycles. The second kappa shape index (κ2) is 19.0. The normalized spacial score (nSPS) is 21.2. The molecule has 6 atom stereocenters. The Morgan fingerprint density at radius 3 is 1.65 bits per heavy atom. The summed E-state index contributed by atoms with van der Waals surface area (Å²) in [7, 11) is 0. The first-order valence-corrected chi connectivity index (χ1v) is 16.7. The summed E-state index contributed by atoms with van der Waals surface area (Å²) in [5.74, 6) is -0.652. The fraction of sp³-hybridized carbons (Fsp3) is 0.400. The molecule has 1 fully saturated rings. The van der Waals surface area contributed by atoms with Crippen molar-refractivity contribution in [3.05, 3.63) is 133 Å². The van der Waals surface area contributed by atoms with E-state index in [1.54, 1.807) is 26.8 Å². The number of hydrogen-bond donors (Lipinski definition) is 1. The number of rotatable bonds is 17. The number of carbonyl (C=O) groups excluding carboxylic acids is 2. The lowest BCUT2D eigenvalue weighted by Crippen LogP contribution is -2.61. The number of nitrogens with one attached hydrogen (secondary N) is 1. The van der Waals surface area contributed by atoms with Crippen LogP contribution >= 0.6 is 0 Å². The molecule has 0 unspecified atom stereocenters. The van der Waals surface area contributed by atoms with Crippen molar-refractivity contribution in [1.82, 2.24) is 5.32 Å². The molecule has 1 amide bonds. The Morgan fingerprint density at radius 2 is 1.20 bits per heavy atom. The lowest BCUT2D eigenvalue weighted by atomic mass is 9.92. The monoisotopic (exact) mass is 671 g/mol. The summed E-state index contributed by atoms with van der Waals surface area (Å²) in [6, 6.07) is 28.6. The lowest BCUT2D eigenvalue weighted by molar-refractivity contribution is -0.270. The zero-order valence-corrected chi connectivity index (χ0v) is 28.7. The zero-order chi connectivity index (χ0) is 35.1. The topological polar surface area (TPSA) is 102 Å². The summed E-state index contributed by atoms with van der Waals surface area (Å²) in [4.78, 5) is 25.9. The van der Waals surface area contributed by atoms with E-state index in [4.69, 9.17) is 28.4 Å². The van der Waals surface area contributed by atoms with Crippen LogP contribution in [-0.2, 0) is 53.0 Å². The molecule has 1 aliphatic rings. The molecule has 1 heterocycles. The third-order valence-electron chi connectivity index (χ3n) is 7.75. The third-order valence-corrected chi connectivity index (χ3v) is 7.75. The van der Waals surface area contributed by atoms with Crippen molar-refractivity contribution < 1.29 is 38.0 Å². The second-order valence-corrected chi connectivity index (χ2v) is 12.9. The molecule has 0 aliphatic carbocycles. The Morgan fingerprint density at radius 1 is 0.735 bits per heavy atom. The summed E-state index contributed by atoms with van der Waals surface area (Å²) in [6.07, 6.45) is 0.117. The van der Waals surface area contributed by atoms with Gasteiger partial charge in [0.15, 0.2) is 0 Å². The van der Waals surface area contributed by atoms with Crippen LogP contribution in [-0.4, -0.2) is 60.8 Å². The summed E-state index contributed by atoms with van der Waals surface area (Å²) >= 11 is 0. The van der Waals surface area contributed by atoms with Crippen LogP contribution in [0.4, 0.5) is 4.79 Å². The van der Waals surface area contributed by atoms with Gasteiger partial charge in [0.25, 0.3) is 0 Å². The molecule has 49 heavy (non-hydrogen) atoms. The SMILES string of the molecule is C=CC[C@@H](NC(=O)OC(C)(C)C)C(=O)OC[C@H]1O[C@H](CC=C)[C@H](OCc2ccccc2)[C@@H](OCc2ccccc2)[C@H]1OCc1ccccc1. The molecule has 0 spiro atoms. The minimum atomic E-state index is -1.00. The number of carbonyl (C=O) groups is 2. The molecule has 4 rings (SSSR count). The predicted octanol–water partition coefficient (Wildman–Crippen LogP) is 7.10. The zero-order valence-electron chi connectivity index (χ0n) is 28.7. The number of benzene rings is 3. The average molecular weight is 672 g/mol. The van der Waals surface area contributed by atoms with Crippen LogP contribution in [0, 0.1) is 0 Å². The van der Waals surface area contributed by atoms with Crippen molar-refractivity contribution in [2.75, 3.05) is 6.61 Å². The van der Waals surface area contributed by atoms with Crippen molar-refractivity contribution in [3.63, 3.8) is 0 Å². The Bertz CT molecular complexity index is 1440. The summed E-state index contributed by atoms with van der Waals surface area (Å²) < 4.78 is 37.7. The van der Waals surface area contributed by atoms with Gasteiger partial charge in [-0.05, 0) is 50.3 Å². The van der Waals surface area contributed by atoms with Gasteiger partial charge in [-0.1, -0.05) is 103 Å². The Labute approximate surface area is 290 Å². The predicted molar refractivity (Wildman–Crippen MR) is 187 cm³/mol. The molecule has 9 nitrogen and oxygen atoms in total. The standard InChI is InChI=1S/C40H49NO8/c1-6-17-32(41-39(43)49-40(3,4)5)38(42)47-28-34-36(45-26-30-21-13-9-14-22-30)37(46-27-31-23-15-10-16-24-31)35(33(48-34)18-7-2)44-25-29-19-11-8-12-20-29/h6-16,19-24,32-37H,1-2,17-18,25-28H2,3-5H3,(H,41,43)/t32-,33-,34-,35+,36+,37-/m1/s1. The van der Waals surface area contributed by atoms with Crippen LogP contribution in [0.5, 0.6) is 0 Å². The second-order valence-electron chi connectivity index (χ2n) is 12.9. The van der Waals surface area contributed by atoms with E-state index in [0.29, 0.717) is 19.6 Å². The largest absolute Gasteiger partial charge is 0.461 e. The maximum absolute atomic E-state index is 13.4. The number of hydrogen-bond acceptors (Lipinski definition) is 8. The summed E-state index contributed by atoms with van der Waals surface area (Å²) in [5.41, 5.74) is 2.22. The van der Waals surface area contributed by atoms with Crippen LogP contribution in [0.3, 0.4) is 0 Å². The van der Waals surface area contributed by atoms with Crippen LogP contribution in [0.2, 0.25) is 0 Å². The molecule has 9 heteroatoms. The average Bonchev–Trinajstić information content (AvgIpc) is 3.09. The van der Waals surface area contributed by atoms with Crippen molar-refractivity contribution in [3.8, 4) is 0 Å². The van der Waals surface area contributed by atoms with E-state index >= 15 is 0 Å². The van der Waals surface area contributed by atoms with Gasteiger partial charge in [-0.3, -0.25) is 0 Å². The van der Waals surface area contributed by atoms with Gasteiger partial charge in [-0.2, -0.15) is 0 Å². The van der Waals surface area contributed by atoms with E-state index in [0.717, 1.165) is 16.7 Å². The minimum Gasteiger partial charge on any atom is -0.461 e. The number of esters is 1. The molecule has 3 aromatic carbocycles. The fourth-order valence-corrected chi connectivity index (χ4v) is 5.47. The van der Waals surface area contributed by atoms with E-state index in [9.17, 15) is 9.59 Å². The van der Waals surface area contributed by atoms with Crippen molar-refractivity contribution in [1.29, 1.82) is 0 Å². The molecular weight excluding hydrogens is 622 g/mol. The van der Waals surface area contributed by atoms with Crippen molar-refractivity contribution in [2.45, 2.75) is 95.6 Å². The third kappa shape index (κ3) is 12.3. The number of alkyl carbamates (subject to hydrolysis) is 1. The molecule has 0 radical (unpaired) electrons. The molecule has 0 bridgehead atoms. The van der Waals surface area contributed by atoms with Crippen molar-refractivity contribution >= 4 is 12.1 Å². The van der Waals surface area contributed by atoms with Gasteiger partial charge < -0.3 is 33.7 Å². The van der Waals surface area contributed by atoms with Gasteiger partial charge in [0.1, 0.15) is 42.7 Å². The maximum Gasteiger partial charge on any atom is 0.408 e. The van der Waals surface area contributed by atoms with Crippen molar-refractivity contribution in [2.24, 2.45) is 0 Å². The van der Waals surface area contributed by atoms with E-state index in [-0.39, 0.29) is 19.6 Å². The maximum atomic E-state index is 13.4. The number of amides is 1. The molecule has 262 valence electrons. The van der Waals surface area contributed by atoms with Crippen LogP contribution < -0.4 is 5.32 Å². The van der Waals surface area contributed by atoms with Gasteiger partial charge in [0.2, 0.25) is 0 Å². The molecule has 0 saturated carbocycles. The molecule has 1 aliphatic heterocycles. The van der Waals surface area contributed by atoms with E-state index < -0.39 is 54.2 Å². The highest BCUT2D eigenvalue weighted by atomic mass is 16.6. The molecule has 1 N–H and O–H groups in total. The molecule has 0 aromatic heterocycles. The Balaban J connectivity index is 1.61. The van der Waals surface area contributed by atoms with Crippen LogP contribution in [0.15, 0.2) is 116 Å². The summed E-state index contributed by atoms with van der Waals surface area (Å²) in [6.45, 7) is 13.7. The molecular formula is C40H49NO8. The van der Waals surface area contributed by atoms with Crippen LogP contribution in [0.1, 0.15) is 50.3 Å². The van der Waals surface area contributed by atoms with Gasteiger partial charge in [0.05, 0.1) is 25.9 Å². The first kappa shape index (κ1) is 37.5.